The van der Waals surface area contributed by atoms with Crippen molar-refractivity contribution in [3.05, 3.63) is 36.3 Å². The number of aliphatic hydroxyl groups is 1. The van der Waals surface area contributed by atoms with E-state index in [4.69, 9.17) is 4.42 Å². The third kappa shape index (κ3) is 1.62. The first kappa shape index (κ1) is 8.74. The van der Waals surface area contributed by atoms with E-state index in [2.05, 4.69) is 6.58 Å². The zero-order chi connectivity index (χ0) is 9.14. The summed E-state index contributed by atoms with van der Waals surface area (Å²) in [5.74, 6) is 0.106. The highest BCUT2D eigenvalue weighted by molar-refractivity contribution is 5.93. The summed E-state index contributed by atoms with van der Waals surface area (Å²) in [7, 11) is 0. The molecule has 0 aliphatic heterocycles. The average molecular weight is 166 g/mol. The first-order valence-electron chi connectivity index (χ1n) is 3.54. The molecule has 0 aromatic carbocycles. The molecule has 12 heavy (non-hydrogen) atoms. The molecule has 0 saturated heterocycles. The number of aliphatic hydroxyl groups excluding tert-OH is 1. The second-order valence-corrected chi connectivity index (χ2v) is 2.50. The molecule has 0 spiro atoms. The van der Waals surface area contributed by atoms with Gasteiger partial charge in [-0.3, -0.25) is 4.79 Å². The van der Waals surface area contributed by atoms with Crippen LogP contribution < -0.4 is 0 Å². The zero-order valence-corrected chi connectivity index (χ0v) is 6.78. The second kappa shape index (κ2) is 3.36. The van der Waals surface area contributed by atoms with Crippen molar-refractivity contribution in [2.45, 2.75) is 13.0 Å². The fourth-order valence-electron chi connectivity index (χ4n) is 0.811. The van der Waals surface area contributed by atoms with Gasteiger partial charge in [-0.2, -0.15) is 0 Å². The van der Waals surface area contributed by atoms with Crippen molar-refractivity contribution >= 4 is 5.78 Å². The fourth-order valence-corrected chi connectivity index (χ4v) is 0.811. The van der Waals surface area contributed by atoms with Crippen LogP contribution in [0.4, 0.5) is 0 Å². The van der Waals surface area contributed by atoms with Crippen LogP contribution in [0.5, 0.6) is 0 Å². The van der Waals surface area contributed by atoms with Gasteiger partial charge in [-0.05, 0) is 19.1 Å². The lowest BCUT2D eigenvalue weighted by atomic mass is 10.1. The second-order valence-electron chi connectivity index (χ2n) is 2.50. The summed E-state index contributed by atoms with van der Waals surface area (Å²) in [5, 5.41) is 9.43. The quantitative estimate of drug-likeness (QED) is 0.691. The Hall–Kier alpha value is -1.35. The van der Waals surface area contributed by atoms with Crippen LogP contribution in [-0.4, -0.2) is 10.9 Å². The van der Waals surface area contributed by atoms with E-state index in [9.17, 15) is 9.90 Å². The van der Waals surface area contributed by atoms with E-state index in [0.29, 0.717) is 5.76 Å². The van der Waals surface area contributed by atoms with E-state index in [-0.39, 0.29) is 11.4 Å². The SMILES string of the molecule is C=C(C(C)=O)[C@H](O)c1ccco1. The highest BCUT2D eigenvalue weighted by Crippen LogP contribution is 2.20. The van der Waals surface area contributed by atoms with Crippen LogP contribution in [0.25, 0.3) is 0 Å². The van der Waals surface area contributed by atoms with Crippen molar-refractivity contribution in [1.29, 1.82) is 0 Å². The predicted octanol–water partition coefficient (Wildman–Crippen LogP) is 1.46. The molecule has 1 N–H and O–H groups in total. The molecule has 1 atom stereocenters. The number of carbonyl (C=O) groups is 1. The van der Waals surface area contributed by atoms with Gasteiger partial charge in [0.05, 0.1) is 6.26 Å². The van der Waals surface area contributed by atoms with Crippen molar-refractivity contribution in [3.63, 3.8) is 0 Å². The molecule has 64 valence electrons. The van der Waals surface area contributed by atoms with Crippen LogP contribution in [0.1, 0.15) is 18.8 Å². The number of rotatable bonds is 3. The van der Waals surface area contributed by atoms with Crippen molar-refractivity contribution in [3.8, 4) is 0 Å². The zero-order valence-electron chi connectivity index (χ0n) is 6.78. The molecule has 3 heteroatoms. The lowest BCUT2D eigenvalue weighted by molar-refractivity contribution is -0.114. The molecule has 1 heterocycles. The van der Waals surface area contributed by atoms with Crippen molar-refractivity contribution in [2.75, 3.05) is 0 Å². The Morgan fingerprint density at radius 3 is 2.83 bits per heavy atom. The number of hydrogen-bond acceptors (Lipinski definition) is 3. The van der Waals surface area contributed by atoms with Gasteiger partial charge >= 0.3 is 0 Å². The summed E-state index contributed by atoms with van der Waals surface area (Å²) in [6.07, 6.45) is 0.420. The van der Waals surface area contributed by atoms with Gasteiger partial charge in [0.25, 0.3) is 0 Å². The first-order chi connectivity index (χ1) is 5.63. The van der Waals surface area contributed by atoms with Gasteiger partial charge in [0, 0.05) is 5.57 Å². The Morgan fingerprint density at radius 2 is 2.42 bits per heavy atom. The highest BCUT2D eigenvalue weighted by atomic mass is 16.4. The molecular formula is C9H10O3. The molecule has 0 fully saturated rings. The summed E-state index contributed by atoms with van der Waals surface area (Å²) < 4.78 is 4.90. The van der Waals surface area contributed by atoms with Crippen LogP contribution in [0.3, 0.4) is 0 Å². The Morgan fingerprint density at radius 1 is 1.75 bits per heavy atom. The number of ketones is 1. The molecule has 0 aliphatic rings. The summed E-state index contributed by atoms with van der Waals surface area (Å²) in [6.45, 7) is 4.81. The largest absolute Gasteiger partial charge is 0.466 e. The molecule has 0 bridgehead atoms. The molecule has 1 aromatic rings. The molecule has 1 rings (SSSR count). The Bertz CT molecular complexity index is 285. The molecular weight excluding hydrogens is 156 g/mol. The lowest BCUT2D eigenvalue weighted by Gasteiger charge is -2.06. The number of carbonyl (C=O) groups excluding carboxylic acids is 1. The Balaban J connectivity index is 2.79. The standard InChI is InChI=1S/C9H10O3/c1-6(7(2)10)9(11)8-4-3-5-12-8/h3-5,9,11H,1H2,2H3/t9-/m0/s1. The molecule has 0 unspecified atom stereocenters. The van der Waals surface area contributed by atoms with Crippen LogP contribution in [0, 0.1) is 0 Å². The van der Waals surface area contributed by atoms with Crippen molar-refractivity contribution in [2.24, 2.45) is 0 Å². The maximum Gasteiger partial charge on any atom is 0.158 e. The Labute approximate surface area is 70.3 Å². The van der Waals surface area contributed by atoms with Gasteiger partial charge in [-0.15, -0.1) is 0 Å². The molecule has 3 nitrogen and oxygen atoms in total. The highest BCUT2D eigenvalue weighted by Gasteiger charge is 2.16. The van der Waals surface area contributed by atoms with E-state index >= 15 is 0 Å². The van der Waals surface area contributed by atoms with Crippen LogP contribution in [-0.2, 0) is 4.79 Å². The minimum absolute atomic E-state index is 0.143. The maximum atomic E-state index is 10.8. The summed E-state index contributed by atoms with van der Waals surface area (Å²) >= 11 is 0. The van der Waals surface area contributed by atoms with Crippen LogP contribution >= 0.6 is 0 Å². The minimum Gasteiger partial charge on any atom is -0.466 e. The van der Waals surface area contributed by atoms with Gasteiger partial charge in [0.1, 0.15) is 11.9 Å². The van der Waals surface area contributed by atoms with Crippen molar-refractivity contribution in [1.82, 2.24) is 0 Å². The van der Waals surface area contributed by atoms with Gasteiger partial charge < -0.3 is 9.52 Å². The van der Waals surface area contributed by atoms with E-state index in [1.54, 1.807) is 12.1 Å². The monoisotopic (exact) mass is 166 g/mol. The molecule has 1 aromatic heterocycles. The van der Waals surface area contributed by atoms with Gasteiger partial charge in [0.15, 0.2) is 5.78 Å². The van der Waals surface area contributed by atoms with Crippen LogP contribution in [0.15, 0.2) is 35.0 Å². The third-order valence-corrected chi connectivity index (χ3v) is 1.59. The normalized spacial score (nSPS) is 12.5. The number of Topliss-reactive ketones (excluding diaryl/α,β-unsaturated/α-hetero) is 1. The summed E-state index contributed by atoms with van der Waals surface area (Å²) in [5.41, 5.74) is 0.143. The molecule has 0 saturated carbocycles. The van der Waals surface area contributed by atoms with E-state index in [0.717, 1.165) is 0 Å². The fraction of sp³-hybridized carbons (Fsp3) is 0.222. The third-order valence-electron chi connectivity index (χ3n) is 1.59. The van der Waals surface area contributed by atoms with E-state index in [1.165, 1.54) is 13.2 Å². The number of furan rings is 1. The predicted molar refractivity (Wildman–Crippen MR) is 43.5 cm³/mol. The molecule has 0 amide bonds. The number of hydrogen-bond donors (Lipinski definition) is 1. The molecule has 0 radical (unpaired) electrons. The first-order valence-corrected chi connectivity index (χ1v) is 3.54. The molecule has 0 aliphatic carbocycles. The lowest BCUT2D eigenvalue weighted by Crippen LogP contribution is -2.06. The summed E-state index contributed by atoms with van der Waals surface area (Å²) in [6, 6.07) is 3.24. The minimum atomic E-state index is -1.02. The van der Waals surface area contributed by atoms with Gasteiger partial charge in [-0.1, -0.05) is 6.58 Å². The van der Waals surface area contributed by atoms with Gasteiger partial charge in [0.2, 0.25) is 0 Å². The van der Waals surface area contributed by atoms with Crippen molar-refractivity contribution < 1.29 is 14.3 Å². The van der Waals surface area contributed by atoms with E-state index in [1.807, 2.05) is 0 Å². The Kier molecular flexibility index (Phi) is 2.45. The van der Waals surface area contributed by atoms with Gasteiger partial charge in [-0.25, -0.2) is 0 Å². The van der Waals surface area contributed by atoms with E-state index < -0.39 is 6.10 Å². The maximum absolute atomic E-state index is 10.8. The topological polar surface area (TPSA) is 50.4 Å². The summed E-state index contributed by atoms with van der Waals surface area (Å²) in [4.78, 5) is 10.8. The smallest absolute Gasteiger partial charge is 0.158 e. The average Bonchev–Trinajstić information content (AvgIpc) is 2.53. The van der Waals surface area contributed by atoms with Crippen LogP contribution in [0.2, 0.25) is 0 Å².